The Morgan fingerprint density at radius 1 is 0.955 bits per heavy atom. The van der Waals surface area contributed by atoms with Crippen LogP contribution in [0.15, 0.2) is 42.7 Å². The van der Waals surface area contributed by atoms with Gasteiger partial charge in [0.15, 0.2) is 0 Å². The largest absolute Gasteiger partial charge is 0.462 e. The predicted molar refractivity (Wildman–Crippen MR) is 81.6 cm³/mol. The summed E-state index contributed by atoms with van der Waals surface area (Å²) >= 11 is 0. The average Bonchev–Trinajstić information content (AvgIpc) is 2.55. The van der Waals surface area contributed by atoms with Crippen molar-refractivity contribution in [2.45, 2.75) is 13.8 Å². The summed E-state index contributed by atoms with van der Waals surface area (Å²) in [7, 11) is 0. The zero-order chi connectivity index (χ0) is 15.9. The Hall–Kier alpha value is -2.69. The first-order valence-corrected chi connectivity index (χ1v) is 7.06. The minimum atomic E-state index is -0.472. The standard InChI is InChI=1S/C17H17NO4/c1-3-21-16(19)13-5-6-14(12-7-9-18-10-8-12)15(11-13)17(20)22-4-2/h5-11H,3-4H2,1-2H3. The molecule has 5 nitrogen and oxygen atoms in total. The fraction of sp³-hybridized carbons (Fsp3) is 0.235. The van der Waals surface area contributed by atoms with E-state index in [1.54, 1.807) is 50.5 Å². The minimum Gasteiger partial charge on any atom is -0.462 e. The molecular formula is C17H17NO4. The van der Waals surface area contributed by atoms with E-state index < -0.39 is 11.9 Å². The zero-order valence-corrected chi connectivity index (χ0v) is 12.5. The number of carbonyl (C=O) groups excluding carboxylic acids is 2. The average molecular weight is 299 g/mol. The fourth-order valence-corrected chi connectivity index (χ4v) is 2.05. The van der Waals surface area contributed by atoms with Gasteiger partial charge < -0.3 is 9.47 Å². The number of esters is 2. The molecule has 1 aromatic carbocycles. The van der Waals surface area contributed by atoms with Crippen molar-refractivity contribution in [3.63, 3.8) is 0 Å². The van der Waals surface area contributed by atoms with Crippen molar-refractivity contribution < 1.29 is 19.1 Å². The van der Waals surface area contributed by atoms with E-state index in [-0.39, 0.29) is 13.2 Å². The van der Waals surface area contributed by atoms with Crippen LogP contribution in [-0.2, 0) is 9.47 Å². The third-order valence-electron chi connectivity index (χ3n) is 3.02. The molecule has 0 atom stereocenters. The van der Waals surface area contributed by atoms with Crippen molar-refractivity contribution in [3.05, 3.63) is 53.9 Å². The molecule has 0 amide bonds. The lowest BCUT2D eigenvalue weighted by atomic mass is 9.98. The second kappa shape index (κ2) is 7.36. The van der Waals surface area contributed by atoms with Gasteiger partial charge in [-0.2, -0.15) is 0 Å². The minimum absolute atomic E-state index is 0.262. The van der Waals surface area contributed by atoms with Crippen LogP contribution >= 0.6 is 0 Å². The topological polar surface area (TPSA) is 65.5 Å². The van der Waals surface area contributed by atoms with Crippen LogP contribution in [0.2, 0.25) is 0 Å². The lowest BCUT2D eigenvalue weighted by molar-refractivity contribution is 0.0526. The molecule has 0 aliphatic heterocycles. The molecule has 0 N–H and O–H groups in total. The van der Waals surface area contributed by atoms with Crippen LogP contribution in [0, 0.1) is 0 Å². The third-order valence-corrected chi connectivity index (χ3v) is 3.02. The van der Waals surface area contributed by atoms with E-state index in [1.807, 2.05) is 0 Å². The number of rotatable bonds is 5. The molecule has 1 heterocycles. The Morgan fingerprint density at radius 3 is 2.23 bits per heavy atom. The Bertz CT molecular complexity index is 668. The molecule has 0 saturated heterocycles. The van der Waals surface area contributed by atoms with Gasteiger partial charge in [0, 0.05) is 12.4 Å². The van der Waals surface area contributed by atoms with Crippen molar-refractivity contribution >= 4 is 11.9 Å². The van der Waals surface area contributed by atoms with Gasteiger partial charge in [-0.3, -0.25) is 4.98 Å². The highest BCUT2D eigenvalue weighted by Crippen LogP contribution is 2.25. The first-order chi connectivity index (χ1) is 10.7. The Balaban J connectivity index is 2.49. The molecule has 0 aliphatic carbocycles. The Morgan fingerprint density at radius 2 is 1.59 bits per heavy atom. The smallest absolute Gasteiger partial charge is 0.338 e. The normalized spacial score (nSPS) is 10.1. The molecule has 0 unspecified atom stereocenters. The molecule has 114 valence electrons. The number of carbonyl (C=O) groups is 2. The first kappa shape index (κ1) is 15.7. The molecular weight excluding hydrogens is 282 g/mol. The van der Waals surface area contributed by atoms with Gasteiger partial charge in [-0.05, 0) is 49.2 Å². The van der Waals surface area contributed by atoms with E-state index in [1.165, 1.54) is 6.07 Å². The molecule has 22 heavy (non-hydrogen) atoms. The lowest BCUT2D eigenvalue weighted by Gasteiger charge is -2.11. The van der Waals surface area contributed by atoms with Crippen LogP contribution in [-0.4, -0.2) is 30.1 Å². The maximum Gasteiger partial charge on any atom is 0.338 e. The number of aromatic nitrogens is 1. The second-order valence-corrected chi connectivity index (χ2v) is 4.44. The van der Waals surface area contributed by atoms with Gasteiger partial charge in [-0.1, -0.05) is 6.07 Å². The predicted octanol–water partition coefficient (Wildman–Crippen LogP) is 3.10. The van der Waals surface area contributed by atoms with Gasteiger partial charge in [0.25, 0.3) is 0 Å². The molecule has 2 aromatic rings. The summed E-state index contributed by atoms with van der Waals surface area (Å²) in [6.45, 7) is 4.01. The summed E-state index contributed by atoms with van der Waals surface area (Å²) in [5, 5.41) is 0. The van der Waals surface area contributed by atoms with E-state index in [2.05, 4.69) is 4.98 Å². The Labute approximate surface area is 128 Å². The van der Waals surface area contributed by atoms with Gasteiger partial charge >= 0.3 is 11.9 Å². The molecule has 5 heteroatoms. The zero-order valence-electron chi connectivity index (χ0n) is 12.5. The number of hydrogen-bond donors (Lipinski definition) is 0. The van der Waals surface area contributed by atoms with Crippen molar-refractivity contribution in [2.24, 2.45) is 0 Å². The molecule has 0 aliphatic rings. The molecule has 0 bridgehead atoms. The molecule has 0 saturated carbocycles. The maximum absolute atomic E-state index is 12.2. The highest BCUT2D eigenvalue weighted by atomic mass is 16.5. The molecule has 1 aromatic heterocycles. The summed E-state index contributed by atoms with van der Waals surface area (Å²) in [6, 6.07) is 8.44. The fourth-order valence-electron chi connectivity index (χ4n) is 2.05. The summed E-state index contributed by atoms with van der Waals surface area (Å²) in [5.41, 5.74) is 2.17. The van der Waals surface area contributed by atoms with Gasteiger partial charge in [0.1, 0.15) is 0 Å². The van der Waals surface area contributed by atoms with Crippen molar-refractivity contribution in [1.29, 1.82) is 0 Å². The SMILES string of the molecule is CCOC(=O)c1ccc(-c2ccncc2)c(C(=O)OCC)c1. The van der Waals surface area contributed by atoms with Gasteiger partial charge in [0.2, 0.25) is 0 Å². The highest BCUT2D eigenvalue weighted by Gasteiger charge is 2.17. The van der Waals surface area contributed by atoms with Crippen LogP contribution in [0.3, 0.4) is 0 Å². The van der Waals surface area contributed by atoms with E-state index in [0.717, 1.165) is 5.56 Å². The number of pyridine rings is 1. The Kier molecular flexibility index (Phi) is 5.25. The van der Waals surface area contributed by atoms with Crippen LogP contribution in [0.1, 0.15) is 34.6 Å². The van der Waals surface area contributed by atoms with Crippen LogP contribution in [0.25, 0.3) is 11.1 Å². The van der Waals surface area contributed by atoms with E-state index in [0.29, 0.717) is 16.7 Å². The lowest BCUT2D eigenvalue weighted by Crippen LogP contribution is -2.10. The number of ether oxygens (including phenoxy) is 2. The molecule has 2 rings (SSSR count). The van der Waals surface area contributed by atoms with Gasteiger partial charge in [-0.15, -0.1) is 0 Å². The van der Waals surface area contributed by atoms with Crippen LogP contribution in [0.5, 0.6) is 0 Å². The van der Waals surface area contributed by atoms with Crippen molar-refractivity contribution in [2.75, 3.05) is 13.2 Å². The van der Waals surface area contributed by atoms with E-state index in [9.17, 15) is 9.59 Å². The summed E-state index contributed by atoms with van der Waals surface area (Å²) in [4.78, 5) is 28.0. The third kappa shape index (κ3) is 3.49. The second-order valence-electron chi connectivity index (χ2n) is 4.44. The summed E-state index contributed by atoms with van der Waals surface area (Å²) in [6.07, 6.45) is 3.28. The first-order valence-electron chi connectivity index (χ1n) is 7.06. The summed E-state index contributed by atoms with van der Waals surface area (Å²) in [5.74, 6) is -0.935. The van der Waals surface area contributed by atoms with Crippen molar-refractivity contribution in [3.8, 4) is 11.1 Å². The highest BCUT2D eigenvalue weighted by molar-refractivity contribution is 6.00. The molecule has 0 radical (unpaired) electrons. The van der Waals surface area contributed by atoms with E-state index >= 15 is 0 Å². The number of nitrogens with zero attached hydrogens (tertiary/aromatic N) is 1. The summed E-state index contributed by atoms with van der Waals surface area (Å²) < 4.78 is 10.0. The van der Waals surface area contributed by atoms with Crippen LogP contribution in [0.4, 0.5) is 0 Å². The van der Waals surface area contributed by atoms with Gasteiger partial charge in [-0.25, -0.2) is 9.59 Å². The molecule has 0 fully saturated rings. The number of hydrogen-bond acceptors (Lipinski definition) is 5. The number of benzene rings is 1. The van der Waals surface area contributed by atoms with E-state index in [4.69, 9.17) is 9.47 Å². The quantitative estimate of drug-likeness (QED) is 0.794. The van der Waals surface area contributed by atoms with Crippen LogP contribution < -0.4 is 0 Å². The van der Waals surface area contributed by atoms with Gasteiger partial charge in [0.05, 0.1) is 24.3 Å². The maximum atomic E-state index is 12.2. The monoisotopic (exact) mass is 299 g/mol. The van der Waals surface area contributed by atoms with Crippen molar-refractivity contribution in [1.82, 2.24) is 4.98 Å². The molecule has 0 spiro atoms.